The summed E-state index contributed by atoms with van der Waals surface area (Å²) in [6.45, 7) is 3.07. The van der Waals surface area contributed by atoms with Crippen LogP contribution in [0.15, 0.2) is 4.42 Å². The van der Waals surface area contributed by atoms with E-state index in [1.165, 1.54) is 0 Å². The molecule has 11 heavy (non-hydrogen) atoms. The van der Waals surface area contributed by atoms with Gasteiger partial charge < -0.3 is 14.9 Å². The highest BCUT2D eigenvalue weighted by Gasteiger charge is 2.00. The molecule has 0 spiro atoms. The van der Waals surface area contributed by atoms with Crippen LogP contribution in [0.1, 0.15) is 19.2 Å². The highest BCUT2D eigenvalue weighted by Crippen LogP contribution is 2.01. The quantitative estimate of drug-likeness (QED) is 0.647. The van der Waals surface area contributed by atoms with Crippen LogP contribution in [-0.2, 0) is 11.3 Å². The molecule has 0 fully saturated rings. The first-order chi connectivity index (χ1) is 5.33. The normalized spacial score (nSPS) is 10.3. The molecule has 2 N–H and O–H groups in total. The number of nitrogens with two attached hydrogens (primary N) is 1. The molecule has 0 bridgehead atoms. The summed E-state index contributed by atoms with van der Waals surface area (Å²) in [6, 6.07) is 0.0834. The highest BCUT2D eigenvalue weighted by molar-refractivity contribution is 5.04. The zero-order chi connectivity index (χ0) is 8.10. The van der Waals surface area contributed by atoms with Crippen LogP contribution in [0.4, 0.5) is 6.01 Å². The van der Waals surface area contributed by atoms with Gasteiger partial charge in [0.25, 0.3) is 0 Å². The van der Waals surface area contributed by atoms with Gasteiger partial charge in [-0.3, -0.25) is 0 Å². The Labute approximate surface area is 64.5 Å². The Bertz CT molecular complexity index is 211. The molecule has 5 nitrogen and oxygen atoms in total. The third kappa shape index (κ3) is 2.55. The summed E-state index contributed by atoms with van der Waals surface area (Å²) in [5, 5.41) is 7.10. The van der Waals surface area contributed by atoms with Gasteiger partial charge in [0, 0.05) is 6.61 Å². The fourth-order valence-electron chi connectivity index (χ4n) is 0.629. The number of anilines is 1. The smallest absolute Gasteiger partial charge is 0.312 e. The van der Waals surface area contributed by atoms with Gasteiger partial charge in [0.1, 0.15) is 6.61 Å². The molecule has 0 saturated carbocycles. The largest absolute Gasteiger partial charge is 0.406 e. The molecular formula is C6H11N3O2. The van der Waals surface area contributed by atoms with E-state index in [1.807, 2.05) is 6.92 Å². The molecule has 0 aliphatic carbocycles. The first-order valence-corrected chi connectivity index (χ1v) is 3.48. The zero-order valence-corrected chi connectivity index (χ0v) is 6.41. The fraction of sp³-hybridized carbons (Fsp3) is 0.667. The number of nitrogen functional groups attached to an aromatic ring is 1. The lowest BCUT2D eigenvalue weighted by molar-refractivity contribution is 0.104. The Morgan fingerprint density at radius 2 is 2.36 bits per heavy atom. The van der Waals surface area contributed by atoms with Gasteiger partial charge >= 0.3 is 6.01 Å². The minimum Gasteiger partial charge on any atom is -0.406 e. The van der Waals surface area contributed by atoms with Crippen molar-refractivity contribution in [3.8, 4) is 0 Å². The summed E-state index contributed by atoms with van der Waals surface area (Å²) in [6.07, 6.45) is 0.976. The first-order valence-electron chi connectivity index (χ1n) is 3.48. The standard InChI is InChI=1S/C6H11N3O2/c1-2-3-10-4-5-8-9-6(7)11-5/h2-4H2,1H3,(H2,7,9). The third-order valence-corrected chi connectivity index (χ3v) is 1.06. The summed E-state index contributed by atoms with van der Waals surface area (Å²) in [5.74, 6) is 0.427. The van der Waals surface area contributed by atoms with E-state index in [1.54, 1.807) is 0 Å². The Morgan fingerprint density at radius 1 is 1.55 bits per heavy atom. The van der Waals surface area contributed by atoms with E-state index >= 15 is 0 Å². The summed E-state index contributed by atoms with van der Waals surface area (Å²) >= 11 is 0. The second-order valence-corrected chi connectivity index (χ2v) is 2.09. The number of nitrogens with zero attached hydrogens (tertiary/aromatic N) is 2. The average Bonchev–Trinajstić information content (AvgIpc) is 2.37. The zero-order valence-electron chi connectivity index (χ0n) is 6.41. The van der Waals surface area contributed by atoms with Gasteiger partial charge in [-0.2, -0.15) is 0 Å². The molecule has 0 aliphatic heterocycles. The maximum atomic E-state index is 5.19. The van der Waals surface area contributed by atoms with Gasteiger partial charge in [0.05, 0.1) is 0 Å². The van der Waals surface area contributed by atoms with Gasteiger partial charge in [0.15, 0.2) is 0 Å². The third-order valence-electron chi connectivity index (χ3n) is 1.06. The SMILES string of the molecule is CCCOCc1nnc(N)o1. The maximum Gasteiger partial charge on any atom is 0.312 e. The summed E-state index contributed by atoms with van der Waals surface area (Å²) in [4.78, 5) is 0. The second-order valence-electron chi connectivity index (χ2n) is 2.09. The van der Waals surface area contributed by atoms with Crippen LogP contribution >= 0.6 is 0 Å². The van der Waals surface area contributed by atoms with Crippen molar-refractivity contribution < 1.29 is 9.15 Å². The van der Waals surface area contributed by atoms with Gasteiger partial charge in [-0.25, -0.2) is 0 Å². The molecule has 0 saturated heterocycles. The predicted molar refractivity (Wildman–Crippen MR) is 38.7 cm³/mol. The molecule has 1 rings (SSSR count). The molecule has 1 aromatic rings. The second kappa shape index (κ2) is 3.92. The van der Waals surface area contributed by atoms with Crippen LogP contribution in [0.25, 0.3) is 0 Å². The van der Waals surface area contributed by atoms with E-state index in [2.05, 4.69) is 10.2 Å². The van der Waals surface area contributed by atoms with Crippen LogP contribution in [0.2, 0.25) is 0 Å². The number of aromatic nitrogens is 2. The van der Waals surface area contributed by atoms with Crippen LogP contribution in [-0.4, -0.2) is 16.8 Å². The van der Waals surface area contributed by atoms with E-state index in [4.69, 9.17) is 14.9 Å². The number of rotatable bonds is 4. The van der Waals surface area contributed by atoms with Crippen molar-refractivity contribution in [2.24, 2.45) is 0 Å². The lowest BCUT2D eigenvalue weighted by Crippen LogP contribution is -1.93. The summed E-state index contributed by atoms with van der Waals surface area (Å²) < 4.78 is 9.99. The van der Waals surface area contributed by atoms with Crippen molar-refractivity contribution in [1.29, 1.82) is 0 Å². The Morgan fingerprint density at radius 3 is 2.91 bits per heavy atom. The molecule has 1 aromatic heterocycles. The van der Waals surface area contributed by atoms with Crippen molar-refractivity contribution in [2.75, 3.05) is 12.3 Å². The molecule has 0 radical (unpaired) electrons. The van der Waals surface area contributed by atoms with E-state index < -0.39 is 0 Å². The lowest BCUT2D eigenvalue weighted by Gasteiger charge is -1.95. The Kier molecular flexibility index (Phi) is 2.85. The summed E-state index contributed by atoms with van der Waals surface area (Å²) in [5.41, 5.74) is 5.19. The van der Waals surface area contributed by atoms with Crippen molar-refractivity contribution in [2.45, 2.75) is 20.0 Å². The van der Waals surface area contributed by atoms with Crippen molar-refractivity contribution >= 4 is 6.01 Å². The number of ether oxygens (including phenoxy) is 1. The summed E-state index contributed by atoms with van der Waals surface area (Å²) in [7, 11) is 0. The van der Waals surface area contributed by atoms with Crippen molar-refractivity contribution in [1.82, 2.24) is 10.2 Å². The fourth-order valence-corrected chi connectivity index (χ4v) is 0.629. The first kappa shape index (κ1) is 8.00. The molecule has 5 heteroatoms. The molecule has 62 valence electrons. The minimum absolute atomic E-state index is 0.0834. The lowest BCUT2D eigenvalue weighted by atomic mass is 10.5. The predicted octanol–water partition coefficient (Wildman–Crippen LogP) is 0.578. The van der Waals surface area contributed by atoms with Crippen molar-refractivity contribution in [3.63, 3.8) is 0 Å². The number of hydrogen-bond donors (Lipinski definition) is 1. The van der Waals surface area contributed by atoms with Crippen LogP contribution in [0.5, 0.6) is 0 Å². The molecule has 0 atom stereocenters. The minimum atomic E-state index is 0.0834. The molecule has 0 unspecified atom stereocenters. The molecular weight excluding hydrogens is 146 g/mol. The van der Waals surface area contributed by atoms with E-state index in [-0.39, 0.29) is 6.01 Å². The van der Waals surface area contributed by atoms with Crippen LogP contribution < -0.4 is 5.73 Å². The van der Waals surface area contributed by atoms with Crippen molar-refractivity contribution in [3.05, 3.63) is 5.89 Å². The monoisotopic (exact) mass is 157 g/mol. The molecule has 1 heterocycles. The van der Waals surface area contributed by atoms with Gasteiger partial charge in [-0.15, -0.1) is 5.10 Å². The van der Waals surface area contributed by atoms with Gasteiger partial charge in [-0.1, -0.05) is 12.0 Å². The Hall–Kier alpha value is -1.10. The molecule has 0 amide bonds. The maximum absolute atomic E-state index is 5.19. The highest BCUT2D eigenvalue weighted by atomic mass is 16.5. The Balaban J connectivity index is 2.27. The average molecular weight is 157 g/mol. The topological polar surface area (TPSA) is 74.2 Å². The van der Waals surface area contributed by atoms with E-state index in [0.717, 1.165) is 6.42 Å². The number of hydrogen-bond acceptors (Lipinski definition) is 5. The van der Waals surface area contributed by atoms with Gasteiger partial charge in [0.2, 0.25) is 5.89 Å². The van der Waals surface area contributed by atoms with Gasteiger partial charge in [-0.05, 0) is 6.42 Å². The molecule has 0 aromatic carbocycles. The van der Waals surface area contributed by atoms with E-state index in [0.29, 0.717) is 19.1 Å². The van der Waals surface area contributed by atoms with Crippen LogP contribution in [0, 0.1) is 0 Å². The molecule has 0 aliphatic rings. The van der Waals surface area contributed by atoms with E-state index in [9.17, 15) is 0 Å². The van der Waals surface area contributed by atoms with Crippen LogP contribution in [0.3, 0.4) is 0 Å².